The molecule has 2 heterocycles. The Balaban J connectivity index is 1.50. The van der Waals surface area contributed by atoms with E-state index in [4.69, 9.17) is 9.47 Å². The van der Waals surface area contributed by atoms with Gasteiger partial charge >= 0.3 is 0 Å². The van der Waals surface area contributed by atoms with Crippen LogP contribution < -0.4 is 14.8 Å². The number of ether oxygens (including phenoxy) is 2. The number of anilines is 1. The molecule has 1 aromatic heterocycles. The average molecular weight is 510 g/mol. The van der Waals surface area contributed by atoms with Crippen molar-refractivity contribution in [2.24, 2.45) is 0 Å². The van der Waals surface area contributed by atoms with Crippen molar-refractivity contribution in [2.75, 3.05) is 25.1 Å². The number of hydrogen-bond donors (Lipinski definition) is 1. The first-order valence-corrected chi connectivity index (χ1v) is 13.6. The van der Waals surface area contributed by atoms with Gasteiger partial charge in [0.2, 0.25) is 10.0 Å². The highest BCUT2D eigenvalue weighted by Crippen LogP contribution is 2.35. The fourth-order valence-corrected chi connectivity index (χ4v) is 6.02. The SMILES string of the molecule is CCOc1ccc(C(=O)Nc2ccc(S(=O)(=O)N3CCCC[C@H]3c3cccnc3)cc2)cc1OCC. The van der Waals surface area contributed by atoms with Crippen molar-refractivity contribution < 1.29 is 22.7 Å². The Morgan fingerprint density at radius 1 is 1.03 bits per heavy atom. The molecule has 0 unspecified atom stereocenters. The first-order valence-electron chi connectivity index (χ1n) is 12.2. The molecule has 9 heteroatoms. The average Bonchev–Trinajstić information content (AvgIpc) is 2.91. The number of amides is 1. The molecule has 1 aliphatic heterocycles. The number of rotatable bonds is 9. The zero-order valence-corrected chi connectivity index (χ0v) is 21.3. The number of carbonyl (C=O) groups is 1. The lowest BCUT2D eigenvalue weighted by Crippen LogP contribution is -2.38. The van der Waals surface area contributed by atoms with Gasteiger partial charge in [-0.1, -0.05) is 12.5 Å². The largest absolute Gasteiger partial charge is 0.490 e. The van der Waals surface area contributed by atoms with Gasteiger partial charge in [-0.2, -0.15) is 4.31 Å². The van der Waals surface area contributed by atoms with E-state index in [2.05, 4.69) is 10.3 Å². The monoisotopic (exact) mass is 509 g/mol. The second-order valence-corrected chi connectivity index (χ2v) is 10.3. The van der Waals surface area contributed by atoms with Crippen molar-refractivity contribution in [3.8, 4) is 11.5 Å². The van der Waals surface area contributed by atoms with Crippen molar-refractivity contribution in [3.05, 3.63) is 78.1 Å². The van der Waals surface area contributed by atoms with Crippen LogP contribution in [0.3, 0.4) is 0 Å². The Morgan fingerprint density at radius 3 is 2.47 bits per heavy atom. The van der Waals surface area contributed by atoms with Crippen LogP contribution in [0.4, 0.5) is 5.69 Å². The number of carbonyl (C=O) groups excluding carboxylic acids is 1. The van der Waals surface area contributed by atoms with Gasteiger partial charge in [0, 0.05) is 30.2 Å². The highest BCUT2D eigenvalue weighted by molar-refractivity contribution is 7.89. The summed E-state index contributed by atoms with van der Waals surface area (Å²) in [5.74, 6) is 0.744. The van der Waals surface area contributed by atoms with Crippen LogP contribution in [-0.4, -0.2) is 43.4 Å². The number of nitrogens with zero attached hydrogens (tertiary/aromatic N) is 2. The van der Waals surface area contributed by atoms with Crippen LogP contribution in [0.2, 0.25) is 0 Å². The van der Waals surface area contributed by atoms with Gasteiger partial charge in [0.05, 0.1) is 24.2 Å². The van der Waals surface area contributed by atoms with Crippen LogP contribution in [-0.2, 0) is 10.0 Å². The Morgan fingerprint density at radius 2 is 1.78 bits per heavy atom. The van der Waals surface area contributed by atoms with Gasteiger partial charge in [0.15, 0.2) is 11.5 Å². The molecule has 4 rings (SSSR count). The summed E-state index contributed by atoms with van der Waals surface area (Å²) in [6.07, 6.45) is 5.95. The normalized spacial score (nSPS) is 16.3. The number of pyridine rings is 1. The zero-order chi connectivity index (χ0) is 25.5. The quantitative estimate of drug-likeness (QED) is 0.434. The maximum Gasteiger partial charge on any atom is 0.255 e. The van der Waals surface area contributed by atoms with Crippen LogP contribution in [0.5, 0.6) is 11.5 Å². The molecule has 0 saturated carbocycles. The summed E-state index contributed by atoms with van der Waals surface area (Å²) in [6.45, 7) is 5.13. The molecule has 0 aliphatic carbocycles. The van der Waals surface area contributed by atoms with Crippen LogP contribution in [0, 0.1) is 0 Å². The predicted octanol–water partition coefficient (Wildman–Crippen LogP) is 5.05. The smallest absolute Gasteiger partial charge is 0.255 e. The minimum atomic E-state index is -3.72. The van der Waals surface area contributed by atoms with Gasteiger partial charge in [0.1, 0.15) is 0 Å². The molecule has 1 amide bonds. The first-order chi connectivity index (χ1) is 17.4. The molecule has 1 atom stereocenters. The van der Waals surface area contributed by atoms with Gasteiger partial charge in [-0.25, -0.2) is 8.42 Å². The number of nitrogens with one attached hydrogen (secondary N) is 1. The maximum atomic E-state index is 13.5. The summed E-state index contributed by atoms with van der Waals surface area (Å²) < 4.78 is 39.7. The highest BCUT2D eigenvalue weighted by atomic mass is 32.2. The number of hydrogen-bond acceptors (Lipinski definition) is 6. The highest BCUT2D eigenvalue weighted by Gasteiger charge is 2.34. The second-order valence-electron chi connectivity index (χ2n) is 8.42. The van der Waals surface area contributed by atoms with Crippen molar-refractivity contribution in [2.45, 2.75) is 44.0 Å². The summed E-state index contributed by atoms with van der Waals surface area (Å²) in [4.78, 5) is 17.2. The third kappa shape index (κ3) is 5.68. The lowest BCUT2D eigenvalue weighted by atomic mass is 9.99. The zero-order valence-electron chi connectivity index (χ0n) is 20.5. The minimum absolute atomic E-state index is 0.191. The lowest BCUT2D eigenvalue weighted by Gasteiger charge is -2.34. The minimum Gasteiger partial charge on any atom is -0.490 e. The van der Waals surface area contributed by atoms with Gasteiger partial charge in [0.25, 0.3) is 5.91 Å². The topological polar surface area (TPSA) is 97.8 Å². The molecule has 2 aromatic carbocycles. The van der Waals surface area contributed by atoms with E-state index in [1.807, 2.05) is 26.0 Å². The number of sulfonamides is 1. The maximum absolute atomic E-state index is 13.5. The van der Waals surface area contributed by atoms with E-state index >= 15 is 0 Å². The van der Waals surface area contributed by atoms with Crippen molar-refractivity contribution in [3.63, 3.8) is 0 Å². The number of aromatic nitrogens is 1. The third-order valence-corrected chi connectivity index (χ3v) is 7.97. The van der Waals surface area contributed by atoms with E-state index in [0.717, 1.165) is 24.8 Å². The van der Waals surface area contributed by atoms with E-state index in [9.17, 15) is 13.2 Å². The van der Waals surface area contributed by atoms with E-state index in [0.29, 0.717) is 42.5 Å². The summed E-state index contributed by atoms with van der Waals surface area (Å²) >= 11 is 0. The fraction of sp³-hybridized carbons (Fsp3) is 0.333. The van der Waals surface area contributed by atoms with Gasteiger partial charge in [-0.15, -0.1) is 0 Å². The van der Waals surface area contributed by atoms with Gasteiger partial charge in [-0.3, -0.25) is 9.78 Å². The Hall–Kier alpha value is -3.43. The molecule has 0 spiro atoms. The van der Waals surface area contributed by atoms with Crippen LogP contribution in [0.15, 0.2) is 71.9 Å². The Bertz CT molecular complexity index is 1280. The molecule has 190 valence electrons. The molecule has 1 saturated heterocycles. The second kappa shape index (κ2) is 11.5. The van der Waals surface area contributed by atoms with Gasteiger partial charge < -0.3 is 14.8 Å². The summed E-state index contributed by atoms with van der Waals surface area (Å²) in [6, 6.07) is 14.8. The van der Waals surface area contributed by atoms with E-state index in [-0.39, 0.29) is 16.8 Å². The molecule has 0 bridgehead atoms. The first kappa shape index (κ1) is 25.7. The predicted molar refractivity (Wildman–Crippen MR) is 138 cm³/mol. The van der Waals surface area contributed by atoms with Crippen LogP contribution in [0.1, 0.15) is 55.1 Å². The number of piperidine rings is 1. The van der Waals surface area contributed by atoms with Crippen LogP contribution >= 0.6 is 0 Å². The standard InChI is InChI=1S/C27H31N3O5S/c1-3-34-25-15-10-20(18-26(25)35-4-2)27(31)29-22-11-13-23(14-12-22)36(32,33)30-17-6-5-9-24(30)21-8-7-16-28-19-21/h7-8,10-16,18-19,24H,3-6,9,17H2,1-2H3,(H,29,31)/t24-/m0/s1. The molecule has 3 aromatic rings. The summed E-state index contributed by atoms with van der Waals surface area (Å²) in [7, 11) is -3.72. The summed E-state index contributed by atoms with van der Waals surface area (Å²) in [5, 5.41) is 2.82. The van der Waals surface area contributed by atoms with Crippen LogP contribution in [0.25, 0.3) is 0 Å². The molecule has 0 radical (unpaired) electrons. The molecule has 36 heavy (non-hydrogen) atoms. The van der Waals surface area contributed by atoms with Crippen molar-refractivity contribution in [1.29, 1.82) is 0 Å². The molecular weight excluding hydrogens is 478 g/mol. The molecule has 1 fully saturated rings. The molecule has 8 nitrogen and oxygen atoms in total. The molecular formula is C27H31N3O5S. The van der Waals surface area contributed by atoms with Gasteiger partial charge in [-0.05, 0) is 80.8 Å². The molecule has 1 aliphatic rings. The van der Waals surface area contributed by atoms with E-state index in [1.54, 1.807) is 47.0 Å². The lowest BCUT2D eigenvalue weighted by molar-refractivity contribution is 0.102. The van der Waals surface area contributed by atoms with Crippen molar-refractivity contribution >= 4 is 21.6 Å². The summed E-state index contributed by atoms with van der Waals surface area (Å²) in [5.41, 5.74) is 1.80. The van der Waals surface area contributed by atoms with E-state index < -0.39 is 10.0 Å². The number of benzene rings is 2. The van der Waals surface area contributed by atoms with E-state index in [1.165, 1.54) is 12.1 Å². The fourth-order valence-electron chi connectivity index (χ4n) is 4.34. The van der Waals surface area contributed by atoms with Crippen molar-refractivity contribution in [1.82, 2.24) is 9.29 Å². The third-order valence-electron chi connectivity index (χ3n) is 6.05. The Kier molecular flexibility index (Phi) is 8.22. The Labute approximate surface area is 212 Å². The molecule has 1 N–H and O–H groups in total.